The number of morpholine rings is 1. The third-order valence-electron chi connectivity index (χ3n) is 7.99. The summed E-state index contributed by atoms with van der Waals surface area (Å²) in [5.41, 5.74) is 5.94. The highest BCUT2D eigenvalue weighted by molar-refractivity contribution is 7.15. The Kier molecular flexibility index (Phi) is 9.45. The SMILES string of the molecule is O=C(Cc1ccccc1)Nc1cccc(-c2nc3sccn3c2-c2ccnc(Nc3cccc(C(=O)NCCN4CCOCC4)c3)n2)c1. The van der Waals surface area contributed by atoms with Crippen LogP contribution in [0.25, 0.3) is 27.6 Å². The van der Waals surface area contributed by atoms with Crippen molar-refractivity contribution in [1.82, 2.24) is 29.6 Å². The number of carbonyl (C=O) groups excluding carboxylic acids is 2. The van der Waals surface area contributed by atoms with Crippen molar-refractivity contribution in [1.29, 1.82) is 0 Å². The maximum atomic E-state index is 12.9. The molecular formula is C36H34N8O3S. The Balaban J connectivity index is 1.08. The summed E-state index contributed by atoms with van der Waals surface area (Å²) >= 11 is 1.53. The van der Waals surface area contributed by atoms with E-state index in [0.29, 0.717) is 35.1 Å². The van der Waals surface area contributed by atoms with Crippen molar-refractivity contribution < 1.29 is 14.3 Å². The molecule has 1 aliphatic heterocycles. The van der Waals surface area contributed by atoms with Gasteiger partial charge in [0, 0.05) is 66.5 Å². The molecule has 3 aromatic carbocycles. The van der Waals surface area contributed by atoms with Crippen molar-refractivity contribution in [3.05, 3.63) is 114 Å². The Morgan fingerprint density at radius 2 is 1.73 bits per heavy atom. The highest BCUT2D eigenvalue weighted by atomic mass is 32.1. The summed E-state index contributed by atoms with van der Waals surface area (Å²) in [5.74, 6) is 0.157. The number of imidazole rings is 1. The Bertz CT molecular complexity index is 2040. The number of nitrogens with one attached hydrogen (secondary N) is 3. The topological polar surface area (TPSA) is 126 Å². The number of aromatic nitrogens is 4. The van der Waals surface area contributed by atoms with E-state index in [1.165, 1.54) is 11.3 Å². The second kappa shape index (κ2) is 14.6. The molecule has 0 saturated carbocycles. The Hall–Kier alpha value is -5.43. The van der Waals surface area contributed by atoms with Crippen molar-refractivity contribution in [2.75, 3.05) is 50.0 Å². The predicted molar refractivity (Wildman–Crippen MR) is 188 cm³/mol. The van der Waals surface area contributed by atoms with E-state index in [-0.39, 0.29) is 18.2 Å². The lowest BCUT2D eigenvalue weighted by Crippen LogP contribution is -2.41. The number of ether oxygens (including phenoxy) is 1. The van der Waals surface area contributed by atoms with Gasteiger partial charge in [0.15, 0.2) is 4.96 Å². The smallest absolute Gasteiger partial charge is 0.251 e. The molecule has 0 unspecified atom stereocenters. The molecule has 0 radical (unpaired) electrons. The summed E-state index contributed by atoms with van der Waals surface area (Å²) in [6, 6.07) is 26.5. The normalized spacial score (nSPS) is 13.3. The number of hydrogen-bond acceptors (Lipinski definition) is 9. The number of amides is 2. The number of benzene rings is 3. The van der Waals surface area contributed by atoms with Crippen molar-refractivity contribution in [3.8, 4) is 22.6 Å². The number of thiazole rings is 1. The zero-order chi connectivity index (χ0) is 32.7. The molecule has 11 nitrogen and oxygen atoms in total. The fraction of sp³-hybridized carbons (Fsp3) is 0.194. The highest BCUT2D eigenvalue weighted by Crippen LogP contribution is 2.35. The van der Waals surface area contributed by atoms with E-state index in [4.69, 9.17) is 14.7 Å². The number of fused-ring (bicyclic) bond motifs is 1. The van der Waals surface area contributed by atoms with Gasteiger partial charge in [0.1, 0.15) is 5.69 Å². The molecule has 0 atom stereocenters. The van der Waals surface area contributed by atoms with Gasteiger partial charge < -0.3 is 20.7 Å². The lowest BCUT2D eigenvalue weighted by Gasteiger charge is -2.26. The molecule has 2 amide bonds. The van der Waals surface area contributed by atoms with Crippen LogP contribution >= 0.6 is 11.3 Å². The largest absolute Gasteiger partial charge is 0.379 e. The third kappa shape index (κ3) is 7.41. The van der Waals surface area contributed by atoms with Crippen molar-refractivity contribution in [2.45, 2.75) is 6.42 Å². The number of anilines is 3. The van der Waals surface area contributed by atoms with Crippen molar-refractivity contribution in [2.24, 2.45) is 0 Å². The Morgan fingerprint density at radius 1 is 0.896 bits per heavy atom. The quantitative estimate of drug-likeness (QED) is 0.167. The average molecular weight is 659 g/mol. The zero-order valence-electron chi connectivity index (χ0n) is 26.1. The van der Waals surface area contributed by atoms with Gasteiger partial charge in [-0.3, -0.25) is 18.9 Å². The molecule has 3 N–H and O–H groups in total. The third-order valence-corrected chi connectivity index (χ3v) is 8.74. The molecule has 0 bridgehead atoms. The minimum Gasteiger partial charge on any atom is -0.379 e. The number of carbonyl (C=O) groups is 2. The van der Waals surface area contributed by atoms with Gasteiger partial charge in [-0.2, -0.15) is 0 Å². The van der Waals surface area contributed by atoms with Crippen LogP contribution in [0.3, 0.4) is 0 Å². The minimum absolute atomic E-state index is 0.0922. The van der Waals surface area contributed by atoms with E-state index >= 15 is 0 Å². The van der Waals surface area contributed by atoms with E-state index in [1.54, 1.807) is 18.3 Å². The summed E-state index contributed by atoms with van der Waals surface area (Å²) < 4.78 is 7.41. The monoisotopic (exact) mass is 658 g/mol. The van der Waals surface area contributed by atoms with Crippen LogP contribution in [0.1, 0.15) is 15.9 Å². The van der Waals surface area contributed by atoms with Gasteiger partial charge >= 0.3 is 0 Å². The van der Waals surface area contributed by atoms with Gasteiger partial charge in [-0.1, -0.05) is 48.5 Å². The molecule has 3 aromatic heterocycles. The predicted octanol–water partition coefficient (Wildman–Crippen LogP) is 5.51. The van der Waals surface area contributed by atoms with Gasteiger partial charge in [0.05, 0.1) is 31.0 Å². The van der Waals surface area contributed by atoms with Crippen LogP contribution in [0.4, 0.5) is 17.3 Å². The van der Waals surface area contributed by atoms with Crippen LogP contribution in [0.5, 0.6) is 0 Å². The van der Waals surface area contributed by atoms with Gasteiger partial charge in [-0.25, -0.2) is 15.0 Å². The van der Waals surface area contributed by atoms with Crippen LogP contribution in [0, 0.1) is 0 Å². The first-order valence-corrected chi connectivity index (χ1v) is 16.7. The number of nitrogens with zero attached hydrogens (tertiary/aromatic N) is 5. The van der Waals surface area contributed by atoms with E-state index in [0.717, 1.165) is 60.3 Å². The molecule has 0 spiro atoms. The second-order valence-corrected chi connectivity index (χ2v) is 12.2. The summed E-state index contributed by atoms with van der Waals surface area (Å²) in [6.45, 7) is 4.57. The standard InChI is InChI=1S/C36H34N8O3S/c45-31(22-25-6-2-1-3-7-25)39-28-10-4-8-26(23-28)32-33(44-18-21-48-36(44)42-32)30-12-13-38-35(41-30)40-29-11-5-9-27(24-29)34(46)37-14-15-43-16-19-47-20-17-43/h1-13,18,21,23-24H,14-17,19-20,22H2,(H,37,46)(H,39,45)(H,38,40,41). The number of rotatable bonds is 11. The molecular weight excluding hydrogens is 625 g/mol. The zero-order valence-corrected chi connectivity index (χ0v) is 27.0. The van der Waals surface area contributed by atoms with Crippen LogP contribution < -0.4 is 16.0 Å². The minimum atomic E-state index is -0.135. The maximum Gasteiger partial charge on any atom is 0.251 e. The molecule has 12 heteroatoms. The van der Waals surface area contributed by atoms with E-state index in [1.807, 2.05) is 88.8 Å². The molecule has 0 aliphatic carbocycles. The maximum absolute atomic E-state index is 12.9. The molecule has 1 aliphatic rings. The van der Waals surface area contributed by atoms with Gasteiger partial charge in [0.2, 0.25) is 11.9 Å². The number of hydrogen-bond donors (Lipinski definition) is 3. The van der Waals surface area contributed by atoms with Crippen LogP contribution in [-0.4, -0.2) is 75.5 Å². The summed E-state index contributed by atoms with van der Waals surface area (Å²) in [7, 11) is 0. The van der Waals surface area contributed by atoms with Gasteiger partial charge in [-0.05, 0) is 42.0 Å². The lowest BCUT2D eigenvalue weighted by atomic mass is 10.1. The van der Waals surface area contributed by atoms with Crippen LogP contribution in [0.15, 0.2) is 103 Å². The molecule has 48 heavy (non-hydrogen) atoms. The summed E-state index contributed by atoms with van der Waals surface area (Å²) in [6.07, 6.45) is 3.95. The average Bonchev–Trinajstić information content (AvgIpc) is 3.72. The first-order chi connectivity index (χ1) is 23.6. The highest BCUT2D eigenvalue weighted by Gasteiger charge is 2.19. The summed E-state index contributed by atoms with van der Waals surface area (Å²) in [4.78, 5) is 43.0. The molecule has 1 saturated heterocycles. The molecule has 4 heterocycles. The first-order valence-electron chi connectivity index (χ1n) is 15.8. The fourth-order valence-electron chi connectivity index (χ4n) is 5.63. The molecule has 7 rings (SSSR count). The van der Waals surface area contributed by atoms with E-state index in [2.05, 4.69) is 25.8 Å². The molecule has 1 fully saturated rings. The fourth-order valence-corrected chi connectivity index (χ4v) is 6.35. The van der Waals surface area contributed by atoms with Crippen LogP contribution in [0.2, 0.25) is 0 Å². The van der Waals surface area contributed by atoms with Crippen molar-refractivity contribution in [3.63, 3.8) is 0 Å². The molecule has 6 aromatic rings. The second-order valence-electron chi connectivity index (χ2n) is 11.3. The van der Waals surface area contributed by atoms with E-state index in [9.17, 15) is 9.59 Å². The van der Waals surface area contributed by atoms with Crippen molar-refractivity contribution >= 4 is 45.4 Å². The Morgan fingerprint density at radius 3 is 2.60 bits per heavy atom. The van der Waals surface area contributed by atoms with E-state index < -0.39 is 0 Å². The lowest BCUT2D eigenvalue weighted by molar-refractivity contribution is -0.115. The van der Waals surface area contributed by atoms with Gasteiger partial charge in [-0.15, -0.1) is 11.3 Å². The molecule has 242 valence electrons. The van der Waals surface area contributed by atoms with Crippen LogP contribution in [-0.2, 0) is 16.0 Å². The van der Waals surface area contributed by atoms with Gasteiger partial charge in [0.25, 0.3) is 5.91 Å². The first kappa shape index (κ1) is 31.2. The Labute approximate surface area is 281 Å². The summed E-state index contributed by atoms with van der Waals surface area (Å²) in [5, 5.41) is 11.3.